The van der Waals surface area contributed by atoms with Crippen LogP contribution in [0.1, 0.15) is 42.2 Å². The molecule has 1 atom stereocenters. The maximum atomic E-state index is 10.5. The van der Waals surface area contributed by atoms with Crippen LogP contribution >= 0.6 is 15.9 Å². The van der Waals surface area contributed by atoms with Gasteiger partial charge < -0.3 is 15.6 Å². The minimum atomic E-state index is -0.775. The summed E-state index contributed by atoms with van der Waals surface area (Å²) in [6, 6.07) is 0. The lowest BCUT2D eigenvalue weighted by Crippen LogP contribution is -2.39. The van der Waals surface area contributed by atoms with Gasteiger partial charge in [-0.15, -0.1) is 0 Å². The third kappa shape index (κ3) is 2.56. The molecule has 0 aliphatic heterocycles. The topological polar surface area (TPSA) is 55.5 Å². The van der Waals surface area contributed by atoms with Crippen molar-refractivity contribution >= 4 is 15.9 Å². The third-order valence-corrected chi connectivity index (χ3v) is 4.58. The van der Waals surface area contributed by atoms with E-state index < -0.39 is 11.6 Å². The molecule has 0 bridgehead atoms. The number of aliphatic hydroxyl groups excluding tert-OH is 1. The molecule has 0 saturated heterocycles. The molecule has 102 valence electrons. The van der Waals surface area contributed by atoms with E-state index in [-0.39, 0.29) is 0 Å². The highest BCUT2D eigenvalue weighted by Crippen LogP contribution is 2.41. The lowest BCUT2D eigenvalue weighted by atomic mass is 9.87. The van der Waals surface area contributed by atoms with Gasteiger partial charge in [-0.3, -0.25) is 0 Å². The minimum absolute atomic E-state index is 0.722. The number of benzene rings is 1. The van der Waals surface area contributed by atoms with Crippen LogP contribution in [0.5, 0.6) is 5.75 Å². The second-order valence-corrected chi connectivity index (χ2v) is 6.15. The molecule has 3 nitrogen and oxygen atoms in total. The van der Waals surface area contributed by atoms with Crippen LogP contribution in [0.25, 0.3) is 0 Å². The molecular formula is C14H22BrNO2. The Labute approximate surface area is 117 Å². The van der Waals surface area contributed by atoms with Crippen LogP contribution in [0.15, 0.2) is 4.47 Å². The first-order chi connectivity index (χ1) is 8.12. The van der Waals surface area contributed by atoms with E-state index in [9.17, 15) is 5.11 Å². The third-order valence-electron chi connectivity index (χ3n) is 3.39. The van der Waals surface area contributed by atoms with Gasteiger partial charge in [-0.1, -0.05) is 15.9 Å². The number of halogens is 1. The molecule has 0 spiro atoms. The number of rotatable bonds is 3. The Kier molecular flexibility index (Phi) is 4.47. The largest absolute Gasteiger partial charge is 0.496 e. The second kappa shape index (κ2) is 5.19. The number of ether oxygens (including phenoxy) is 1. The first-order valence-corrected chi connectivity index (χ1v) is 6.72. The molecule has 18 heavy (non-hydrogen) atoms. The smallest absolute Gasteiger partial charge is 0.128 e. The Morgan fingerprint density at radius 2 is 1.67 bits per heavy atom. The lowest BCUT2D eigenvalue weighted by molar-refractivity contribution is 0.101. The average molecular weight is 316 g/mol. The van der Waals surface area contributed by atoms with Crippen molar-refractivity contribution < 1.29 is 9.84 Å². The molecule has 0 amide bonds. The Morgan fingerprint density at radius 1 is 1.17 bits per heavy atom. The Balaban J connectivity index is 3.62. The Hall–Kier alpha value is -0.580. The molecule has 0 radical (unpaired) electrons. The Bertz CT molecular complexity index is 464. The van der Waals surface area contributed by atoms with Gasteiger partial charge in [0.15, 0.2) is 0 Å². The molecule has 0 aliphatic carbocycles. The fraction of sp³-hybridized carbons (Fsp3) is 0.571. The van der Waals surface area contributed by atoms with E-state index in [1.54, 1.807) is 21.0 Å². The van der Waals surface area contributed by atoms with E-state index in [2.05, 4.69) is 15.9 Å². The number of methoxy groups -OCH3 is 1. The van der Waals surface area contributed by atoms with Gasteiger partial charge in [0.2, 0.25) is 0 Å². The highest BCUT2D eigenvalue weighted by atomic mass is 79.9. The normalized spacial score (nSPS) is 13.6. The van der Waals surface area contributed by atoms with Crippen molar-refractivity contribution in [3.8, 4) is 5.75 Å². The van der Waals surface area contributed by atoms with Crippen molar-refractivity contribution in [2.24, 2.45) is 5.73 Å². The standard InChI is InChI=1S/C14H22BrNO2/c1-7-8(2)12(18-6)10(9(3)11(7)15)13(17)14(4,5)16/h13,17H,16H2,1-6H3. The number of hydrogen-bond acceptors (Lipinski definition) is 3. The number of nitrogens with two attached hydrogens (primary N) is 1. The summed E-state index contributed by atoms with van der Waals surface area (Å²) < 4.78 is 6.47. The van der Waals surface area contributed by atoms with Gasteiger partial charge >= 0.3 is 0 Å². The summed E-state index contributed by atoms with van der Waals surface area (Å²) in [6.07, 6.45) is -0.775. The lowest BCUT2D eigenvalue weighted by Gasteiger charge is -2.30. The summed E-state index contributed by atoms with van der Waals surface area (Å²) in [5.74, 6) is 0.722. The number of aliphatic hydroxyl groups is 1. The van der Waals surface area contributed by atoms with Gasteiger partial charge in [-0.25, -0.2) is 0 Å². The van der Waals surface area contributed by atoms with Gasteiger partial charge in [-0.2, -0.15) is 0 Å². The van der Waals surface area contributed by atoms with Gasteiger partial charge in [0.25, 0.3) is 0 Å². The van der Waals surface area contributed by atoms with Crippen LogP contribution in [-0.4, -0.2) is 17.8 Å². The molecule has 0 aliphatic rings. The summed E-state index contributed by atoms with van der Waals surface area (Å²) in [5.41, 5.74) is 9.18. The maximum absolute atomic E-state index is 10.5. The van der Waals surface area contributed by atoms with Gasteiger partial charge in [0, 0.05) is 15.6 Å². The maximum Gasteiger partial charge on any atom is 0.128 e. The van der Waals surface area contributed by atoms with Crippen LogP contribution in [0.3, 0.4) is 0 Å². The van der Waals surface area contributed by atoms with E-state index in [4.69, 9.17) is 10.5 Å². The first kappa shape index (κ1) is 15.5. The van der Waals surface area contributed by atoms with Crippen LogP contribution in [-0.2, 0) is 0 Å². The highest BCUT2D eigenvalue weighted by Gasteiger charge is 2.31. The quantitative estimate of drug-likeness (QED) is 0.901. The zero-order valence-electron chi connectivity index (χ0n) is 11.9. The Morgan fingerprint density at radius 3 is 2.06 bits per heavy atom. The van der Waals surface area contributed by atoms with Gasteiger partial charge in [-0.05, 0) is 51.3 Å². The first-order valence-electron chi connectivity index (χ1n) is 5.93. The molecule has 0 heterocycles. The molecular weight excluding hydrogens is 294 g/mol. The molecule has 0 saturated carbocycles. The van der Waals surface area contributed by atoms with Crippen LogP contribution in [0.4, 0.5) is 0 Å². The van der Waals surface area contributed by atoms with Crippen molar-refractivity contribution in [1.29, 1.82) is 0 Å². The molecule has 1 rings (SSSR count). The van der Waals surface area contributed by atoms with E-state index in [0.717, 1.165) is 32.5 Å². The fourth-order valence-electron chi connectivity index (χ4n) is 2.07. The summed E-state index contributed by atoms with van der Waals surface area (Å²) in [4.78, 5) is 0. The molecule has 3 N–H and O–H groups in total. The predicted octanol–water partition coefficient (Wildman–Crippen LogP) is 3.15. The summed E-state index contributed by atoms with van der Waals surface area (Å²) in [6.45, 7) is 9.58. The summed E-state index contributed by atoms with van der Waals surface area (Å²) in [5, 5.41) is 10.5. The molecule has 0 fully saturated rings. The SMILES string of the molecule is COc1c(C)c(C)c(Br)c(C)c1C(O)C(C)(C)N. The average Bonchev–Trinajstić information content (AvgIpc) is 2.28. The minimum Gasteiger partial charge on any atom is -0.496 e. The predicted molar refractivity (Wildman–Crippen MR) is 78.1 cm³/mol. The zero-order chi connectivity index (χ0) is 14.2. The van der Waals surface area contributed by atoms with E-state index in [1.165, 1.54) is 0 Å². The summed E-state index contributed by atoms with van der Waals surface area (Å²) in [7, 11) is 1.62. The van der Waals surface area contributed by atoms with E-state index >= 15 is 0 Å². The van der Waals surface area contributed by atoms with Crippen molar-refractivity contribution in [3.63, 3.8) is 0 Å². The van der Waals surface area contributed by atoms with Crippen LogP contribution in [0, 0.1) is 20.8 Å². The van der Waals surface area contributed by atoms with Crippen molar-refractivity contribution in [2.45, 2.75) is 46.3 Å². The van der Waals surface area contributed by atoms with Crippen molar-refractivity contribution in [3.05, 3.63) is 26.7 Å². The number of hydrogen-bond donors (Lipinski definition) is 2. The fourth-order valence-corrected chi connectivity index (χ4v) is 2.58. The van der Waals surface area contributed by atoms with Gasteiger partial charge in [0.1, 0.15) is 11.9 Å². The molecule has 1 aromatic carbocycles. The van der Waals surface area contributed by atoms with E-state index in [1.807, 2.05) is 20.8 Å². The highest BCUT2D eigenvalue weighted by molar-refractivity contribution is 9.10. The van der Waals surface area contributed by atoms with Gasteiger partial charge in [0.05, 0.1) is 7.11 Å². The zero-order valence-corrected chi connectivity index (χ0v) is 13.5. The molecule has 1 aromatic rings. The monoisotopic (exact) mass is 315 g/mol. The molecule has 4 heteroatoms. The van der Waals surface area contributed by atoms with Crippen molar-refractivity contribution in [2.75, 3.05) is 7.11 Å². The molecule has 0 aromatic heterocycles. The molecule has 1 unspecified atom stereocenters. The van der Waals surface area contributed by atoms with E-state index in [0.29, 0.717) is 0 Å². The van der Waals surface area contributed by atoms with Crippen LogP contribution < -0.4 is 10.5 Å². The second-order valence-electron chi connectivity index (χ2n) is 5.36. The van der Waals surface area contributed by atoms with Crippen LogP contribution in [0.2, 0.25) is 0 Å². The summed E-state index contributed by atoms with van der Waals surface area (Å²) >= 11 is 3.57. The van der Waals surface area contributed by atoms with Crippen molar-refractivity contribution in [1.82, 2.24) is 0 Å².